The number of nitrogens with zero attached hydrogens (tertiary/aromatic N) is 3. The number of fused-ring (bicyclic) bond motifs is 1. The van der Waals surface area contributed by atoms with E-state index in [1.807, 2.05) is 23.1 Å². The minimum Gasteiger partial charge on any atom is -0.313 e. The van der Waals surface area contributed by atoms with E-state index in [2.05, 4.69) is 35.3 Å². The van der Waals surface area contributed by atoms with Gasteiger partial charge in [0, 0.05) is 18.9 Å². The molecule has 1 aliphatic carbocycles. The fourth-order valence-electron chi connectivity index (χ4n) is 3.63. The molecule has 1 aromatic carbocycles. The highest BCUT2D eigenvalue weighted by molar-refractivity contribution is 5.78. The van der Waals surface area contributed by atoms with Crippen molar-refractivity contribution in [2.75, 3.05) is 6.54 Å². The van der Waals surface area contributed by atoms with Gasteiger partial charge in [-0.05, 0) is 29.9 Å². The molecule has 0 saturated carbocycles. The Bertz CT molecular complexity index is 746. The van der Waals surface area contributed by atoms with E-state index < -0.39 is 0 Å². The summed E-state index contributed by atoms with van der Waals surface area (Å²) in [6, 6.07) is 10.3. The van der Waals surface area contributed by atoms with Gasteiger partial charge in [0.25, 0.3) is 0 Å². The molecule has 1 fully saturated rings. The highest BCUT2D eigenvalue weighted by atomic mass is 16.2. The van der Waals surface area contributed by atoms with E-state index in [-0.39, 0.29) is 12.1 Å². The number of carbonyl (C=O) groups is 1. The molecular formula is C19H19N3O. The predicted octanol–water partition coefficient (Wildman–Crippen LogP) is 3.80. The maximum atomic E-state index is 12.9. The first-order chi connectivity index (χ1) is 11.3. The van der Waals surface area contributed by atoms with Crippen molar-refractivity contribution in [1.29, 1.82) is 0 Å². The lowest BCUT2D eigenvalue weighted by Gasteiger charge is -2.42. The number of benzene rings is 1. The Hall–Kier alpha value is -2.62. The zero-order chi connectivity index (χ0) is 15.6. The fraction of sp³-hybridized carbons (Fsp3) is 0.263. The van der Waals surface area contributed by atoms with Crippen molar-refractivity contribution >= 4 is 6.03 Å². The van der Waals surface area contributed by atoms with Crippen LogP contribution in [0.15, 0.2) is 72.9 Å². The molecule has 1 aromatic heterocycles. The summed E-state index contributed by atoms with van der Waals surface area (Å²) < 4.78 is 1.56. The summed E-state index contributed by atoms with van der Waals surface area (Å²) in [6.45, 7) is 0.770. The minimum atomic E-state index is -0.00902. The van der Waals surface area contributed by atoms with Gasteiger partial charge in [-0.2, -0.15) is 0 Å². The molecule has 2 aromatic rings. The Labute approximate surface area is 135 Å². The Balaban J connectivity index is 1.76. The average Bonchev–Trinajstić information content (AvgIpc) is 3.15. The number of imidazole rings is 1. The van der Waals surface area contributed by atoms with Crippen LogP contribution in [0.25, 0.3) is 0 Å². The van der Waals surface area contributed by atoms with Crippen LogP contribution >= 0.6 is 0 Å². The third-order valence-electron chi connectivity index (χ3n) is 4.75. The van der Waals surface area contributed by atoms with Crippen LogP contribution < -0.4 is 0 Å². The summed E-state index contributed by atoms with van der Waals surface area (Å²) in [6.07, 6.45) is 13.6. The lowest BCUT2D eigenvalue weighted by molar-refractivity contribution is 0.161. The van der Waals surface area contributed by atoms with Crippen molar-refractivity contribution in [3.63, 3.8) is 0 Å². The number of piperidine rings is 1. The van der Waals surface area contributed by atoms with Crippen molar-refractivity contribution in [2.45, 2.75) is 18.9 Å². The second-order valence-electron chi connectivity index (χ2n) is 6.08. The predicted molar refractivity (Wildman–Crippen MR) is 88.9 cm³/mol. The molecule has 0 radical (unpaired) electrons. The fourth-order valence-corrected chi connectivity index (χ4v) is 3.63. The van der Waals surface area contributed by atoms with Crippen LogP contribution in [0, 0.1) is 5.92 Å². The minimum absolute atomic E-state index is 0.00902. The van der Waals surface area contributed by atoms with E-state index in [4.69, 9.17) is 0 Å². The van der Waals surface area contributed by atoms with E-state index in [1.54, 1.807) is 23.3 Å². The topological polar surface area (TPSA) is 38.1 Å². The first-order valence-electron chi connectivity index (χ1n) is 8.05. The molecule has 0 spiro atoms. The van der Waals surface area contributed by atoms with Crippen LogP contribution in [-0.2, 0) is 0 Å². The zero-order valence-corrected chi connectivity index (χ0v) is 12.9. The Morgan fingerprint density at radius 2 is 2.09 bits per heavy atom. The maximum Gasteiger partial charge on any atom is 0.330 e. The van der Waals surface area contributed by atoms with Crippen molar-refractivity contribution in [1.82, 2.24) is 14.5 Å². The molecule has 4 heteroatoms. The normalized spacial score (nSPS) is 23.3. The molecule has 0 bridgehead atoms. The third-order valence-corrected chi connectivity index (χ3v) is 4.75. The van der Waals surface area contributed by atoms with Gasteiger partial charge in [-0.15, -0.1) is 0 Å². The lowest BCUT2D eigenvalue weighted by atomic mass is 9.78. The Kier molecular flexibility index (Phi) is 3.58. The summed E-state index contributed by atoms with van der Waals surface area (Å²) in [5, 5.41) is 0. The van der Waals surface area contributed by atoms with Gasteiger partial charge >= 0.3 is 6.03 Å². The number of allylic oxidation sites excluding steroid dienone is 3. The number of carbonyl (C=O) groups excluding carboxylic acids is 1. The quantitative estimate of drug-likeness (QED) is 0.803. The number of likely N-dealkylation sites (tertiary alicyclic amines) is 1. The molecule has 0 N–H and O–H groups in total. The summed E-state index contributed by atoms with van der Waals surface area (Å²) in [5.41, 5.74) is 2.52. The third kappa shape index (κ3) is 2.50. The van der Waals surface area contributed by atoms with Crippen LogP contribution in [0.4, 0.5) is 4.79 Å². The van der Waals surface area contributed by atoms with E-state index in [0.717, 1.165) is 19.4 Å². The molecule has 1 amide bonds. The van der Waals surface area contributed by atoms with E-state index in [0.29, 0.717) is 5.92 Å². The lowest BCUT2D eigenvalue weighted by Crippen LogP contribution is -2.44. The zero-order valence-electron chi connectivity index (χ0n) is 12.9. The van der Waals surface area contributed by atoms with Crippen molar-refractivity contribution in [3.8, 4) is 0 Å². The molecule has 2 aliphatic rings. The summed E-state index contributed by atoms with van der Waals surface area (Å²) in [5.74, 6) is 0.539. The van der Waals surface area contributed by atoms with Crippen LogP contribution in [0.3, 0.4) is 0 Å². The average molecular weight is 305 g/mol. The van der Waals surface area contributed by atoms with Gasteiger partial charge in [-0.3, -0.25) is 4.57 Å². The van der Waals surface area contributed by atoms with Gasteiger partial charge in [0.2, 0.25) is 0 Å². The number of hydrogen-bond acceptors (Lipinski definition) is 2. The first kappa shape index (κ1) is 14.0. The molecule has 2 atom stereocenters. The molecule has 23 heavy (non-hydrogen) atoms. The molecule has 1 aliphatic heterocycles. The van der Waals surface area contributed by atoms with E-state index in [9.17, 15) is 4.79 Å². The summed E-state index contributed by atoms with van der Waals surface area (Å²) in [4.78, 5) is 18.9. The molecule has 116 valence electrons. The van der Waals surface area contributed by atoms with Gasteiger partial charge in [0.15, 0.2) is 0 Å². The SMILES string of the molecule is O=C(N1CCC2CC=CC=C2C1c1ccccc1)n1ccnc1. The molecular weight excluding hydrogens is 286 g/mol. The van der Waals surface area contributed by atoms with E-state index >= 15 is 0 Å². The van der Waals surface area contributed by atoms with Gasteiger partial charge in [0.1, 0.15) is 6.33 Å². The number of rotatable bonds is 1. The number of hydrogen-bond donors (Lipinski definition) is 0. The Morgan fingerprint density at radius 3 is 2.87 bits per heavy atom. The molecule has 2 heterocycles. The Morgan fingerprint density at radius 1 is 1.22 bits per heavy atom. The maximum absolute atomic E-state index is 12.9. The molecule has 4 nitrogen and oxygen atoms in total. The first-order valence-corrected chi connectivity index (χ1v) is 8.05. The van der Waals surface area contributed by atoms with E-state index in [1.165, 1.54) is 11.1 Å². The molecule has 4 rings (SSSR count). The highest BCUT2D eigenvalue weighted by Crippen LogP contribution is 2.42. The van der Waals surface area contributed by atoms with Crippen LogP contribution in [0.1, 0.15) is 24.4 Å². The van der Waals surface area contributed by atoms with Crippen LogP contribution in [-0.4, -0.2) is 27.0 Å². The summed E-state index contributed by atoms with van der Waals surface area (Å²) in [7, 11) is 0. The van der Waals surface area contributed by atoms with Gasteiger partial charge in [0.05, 0.1) is 6.04 Å². The standard InChI is InChI=1S/C19H19N3O/c23-19(21-13-11-20-14-21)22-12-10-15-6-4-5-9-17(15)18(22)16-7-2-1-3-8-16/h1-5,7-9,11,13-15,18H,6,10,12H2. The number of aromatic nitrogens is 2. The summed E-state index contributed by atoms with van der Waals surface area (Å²) >= 11 is 0. The smallest absolute Gasteiger partial charge is 0.313 e. The van der Waals surface area contributed by atoms with Gasteiger partial charge in [-0.1, -0.05) is 48.6 Å². The molecule has 1 saturated heterocycles. The van der Waals surface area contributed by atoms with Crippen LogP contribution in [0.2, 0.25) is 0 Å². The second kappa shape index (κ2) is 5.88. The second-order valence-corrected chi connectivity index (χ2v) is 6.08. The van der Waals surface area contributed by atoms with Crippen molar-refractivity contribution in [3.05, 3.63) is 78.4 Å². The van der Waals surface area contributed by atoms with Crippen molar-refractivity contribution in [2.24, 2.45) is 5.92 Å². The molecule has 2 unspecified atom stereocenters. The highest BCUT2D eigenvalue weighted by Gasteiger charge is 2.37. The van der Waals surface area contributed by atoms with Gasteiger partial charge in [-0.25, -0.2) is 9.78 Å². The van der Waals surface area contributed by atoms with Crippen molar-refractivity contribution < 1.29 is 4.79 Å². The largest absolute Gasteiger partial charge is 0.330 e. The number of amides is 1. The van der Waals surface area contributed by atoms with Crippen LogP contribution in [0.5, 0.6) is 0 Å². The van der Waals surface area contributed by atoms with Gasteiger partial charge < -0.3 is 4.90 Å². The monoisotopic (exact) mass is 305 g/mol.